The van der Waals surface area contributed by atoms with Gasteiger partial charge < -0.3 is 15.4 Å². The number of hydrogen-bond donors (Lipinski definition) is 1. The minimum atomic E-state index is 0.264. The molecule has 0 aromatic heterocycles. The molecule has 1 rings (SSSR count). The SMILES string of the molecule is COC1CCN(C(=O)CC(CN)CC(C)C)CC1. The highest BCUT2D eigenvalue weighted by Gasteiger charge is 2.24. The van der Waals surface area contributed by atoms with Crippen LogP contribution in [0, 0.1) is 11.8 Å². The van der Waals surface area contributed by atoms with Crippen molar-refractivity contribution < 1.29 is 9.53 Å². The molecular formula is C14H28N2O2. The first kappa shape index (κ1) is 15.4. The lowest BCUT2D eigenvalue weighted by Gasteiger charge is -2.32. The second-order valence-electron chi connectivity index (χ2n) is 5.75. The average Bonchev–Trinajstić information content (AvgIpc) is 2.37. The molecule has 0 bridgehead atoms. The van der Waals surface area contributed by atoms with Crippen LogP contribution in [-0.4, -0.2) is 43.7 Å². The van der Waals surface area contributed by atoms with Crippen LogP contribution in [0.5, 0.6) is 0 Å². The van der Waals surface area contributed by atoms with Crippen molar-refractivity contribution in [3.8, 4) is 0 Å². The van der Waals surface area contributed by atoms with Crippen molar-refractivity contribution in [2.24, 2.45) is 17.6 Å². The Morgan fingerprint density at radius 3 is 2.44 bits per heavy atom. The normalized spacial score (nSPS) is 19.3. The highest BCUT2D eigenvalue weighted by molar-refractivity contribution is 5.76. The van der Waals surface area contributed by atoms with Gasteiger partial charge in [-0.05, 0) is 37.6 Å². The van der Waals surface area contributed by atoms with Crippen molar-refractivity contribution in [1.82, 2.24) is 4.90 Å². The number of methoxy groups -OCH3 is 1. The van der Waals surface area contributed by atoms with Gasteiger partial charge >= 0.3 is 0 Å². The van der Waals surface area contributed by atoms with E-state index < -0.39 is 0 Å². The lowest BCUT2D eigenvalue weighted by Crippen LogP contribution is -2.41. The Labute approximate surface area is 111 Å². The maximum atomic E-state index is 12.2. The molecule has 0 saturated carbocycles. The Morgan fingerprint density at radius 2 is 2.00 bits per heavy atom. The molecule has 1 saturated heterocycles. The fourth-order valence-corrected chi connectivity index (χ4v) is 2.65. The standard InChI is InChI=1S/C14H28N2O2/c1-11(2)8-12(10-15)9-14(17)16-6-4-13(18-3)5-7-16/h11-13H,4-10,15H2,1-3H3. The van der Waals surface area contributed by atoms with E-state index in [-0.39, 0.29) is 5.91 Å². The predicted molar refractivity (Wildman–Crippen MR) is 73.2 cm³/mol. The first-order valence-electron chi connectivity index (χ1n) is 7.07. The summed E-state index contributed by atoms with van der Waals surface area (Å²) in [4.78, 5) is 14.1. The number of likely N-dealkylation sites (tertiary alicyclic amines) is 1. The van der Waals surface area contributed by atoms with Gasteiger partial charge in [0.15, 0.2) is 0 Å². The molecule has 4 heteroatoms. The number of ether oxygens (including phenoxy) is 1. The van der Waals surface area contributed by atoms with Crippen molar-refractivity contribution in [1.29, 1.82) is 0 Å². The number of carbonyl (C=O) groups excluding carboxylic acids is 1. The largest absolute Gasteiger partial charge is 0.381 e. The third-order valence-corrected chi connectivity index (χ3v) is 3.73. The Kier molecular flexibility index (Phi) is 6.65. The summed E-state index contributed by atoms with van der Waals surface area (Å²) in [6, 6.07) is 0. The summed E-state index contributed by atoms with van der Waals surface area (Å²) in [7, 11) is 1.75. The molecule has 1 aliphatic rings. The van der Waals surface area contributed by atoms with E-state index in [4.69, 9.17) is 10.5 Å². The van der Waals surface area contributed by atoms with Crippen LogP contribution in [-0.2, 0) is 9.53 Å². The van der Waals surface area contributed by atoms with Crippen LogP contribution in [0.3, 0.4) is 0 Å². The van der Waals surface area contributed by atoms with Gasteiger partial charge in [-0.3, -0.25) is 4.79 Å². The van der Waals surface area contributed by atoms with Crippen molar-refractivity contribution >= 4 is 5.91 Å². The summed E-state index contributed by atoms with van der Waals surface area (Å²) in [6.07, 6.45) is 3.89. The Morgan fingerprint density at radius 1 is 1.39 bits per heavy atom. The first-order chi connectivity index (χ1) is 8.56. The molecule has 1 heterocycles. The first-order valence-corrected chi connectivity index (χ1v) is 7.07. The van der Waals surface area contributed by atoms with Gasteiger partial charge in [-0.15, -0.1) is 0 Å². The Bertz CT molecular complexity index is 248. The van der Waals surface area contributed by atoms with Gasteiger partial charge in [-0.25, -0.2) is 0 Å². The monoisotopic (exact) mass is 256 g/mol. The molecule has 0 aromatic rings. The molecule has 1 fully saturated rings. The zero-order valence-corrected chi connectivity index (χ0v) is 12.0. The zero-order chi connectivity index (χ0) is 13.5. The minimum Gasteiger partial charge on any atom is -0.381 e. The van der Waals surface area contributed by atoms with Crippen molar-refractivity contribution in [2.75, 3.05) is 26.7 Å². The fraction of sp³-hybridized carbons (Fsp3) is 0.929. The van der Waals surface area contributed by atoms with Crippen LogP contribution in [0.4, 0.5) is 0 Å². The number of rotatable bonds is 6. The van der Waals surface area contributed by atoms with Gasteiger partial charge in [-0.1, -0.05) is 13.8 Å². The summed E-state index contributed by atoms with van der Waals surface area (Å²) in [5, 5.41) is 0. The Hall–Kier alpha value is -0.610. The van der Waals surface area contributed by atoms with Gasteiger partial charge in [0.25, 0.3) is 0 Å². The summed E-state index contributed by atoms with van der Waals surface area (Å²) >= 11 is 0. The number of piperidine rings is 1. The van der Waals surface area contributed by atoms with Crippen LogP contribution in [0.1, 0.15) is 39.5 Å². The summed E-state index contributed by atoms with van der Waals surface area (Å²) in [6.45, 7) is 6.62. The maximum absolute atomic E-state index is 12.2. The maximum Gasteiger partial charge on any atom is 0.222 e. The number of carbonyl (C=O) groups is 1. The molecular weight excluding hydrogens is 228 g/mol. The van der Waals surface area contributed by atoms with Gasteiger partial charge in [0.05, 0.1) is 6.10 Å². The fourth-order valence-electron chi connectivity index (χ4n) is 2.65. The van der Waals surface area contributed by atoms with E-state index >= 15 is 0 Å². The molecule has 0 radical (unpaired) electrons. The van der Waals surface area contributed by atoms with E-state index in [1.54, 1.807) is 7.11 Å². The zero-order valence-electron chi connectivity index (χ0n) is 12.0. The molecule has 1 atom stereocenters. The summed E-state index contributed by atoms with van der Waals surface area (Å²) in [5.74, 6) is 1.20. The molecule has 2 N–H and O–H groups in total. The van der Waals surface area contributed by atoms with E-state index in [1.165, 1.54) is 0 Å². The van der Waals surface area contributed by atoms with E-state index in [2.05, 4.69) is 13.8 Å². The number of amides is 1. The number of nitrogens with two attached hydrogens (primary N) is 1. The number of nitrogens with zero attached hydrogens (tertiary/aromatic N) is 1. The van der Waals surface area contributed by atoms with Crippen LogP contribution in [0.2, 0.25) is 0 Å². The van der Waals surface area contributed by atoms with E-state index in [9.17, 15) is 4.79 Å². The van der Waals surface area contributed by atoms with Crippen LogP contribution >= 0.6 is 0 Å². The molecule has 0 aliphatic carbocycles. The van der Waals surface area contributed by atoms with Crippen LogP contribution in [0.25, 0.3) is 0 Å². The van der Waals surface area contributed by atoms with Gasteiger partial charge in [-0.2, -0.15) is 0 Å². The molecule has 1 amide bonds. The second kappa shape index (κ2) is 7.74. The molecule has 1 unspecified atom stereocenters. The van der Waals surface area contributed by atoms with Crippen LogP contribution < -0.4 is 5.73 Å². The lowest BCUT2D eigenvalue weighted by atomic mass is 9.93. The molecule has 1 aliphatic heterocycles. The van der Waals surface area contributed by atoms with Crippen molar-refractivity contribution in [3.05, 3.63) is 0 Å². The molecule has 4 nitrogen and oxygen atoms in total. The predicted octanol–water partition coefficient (Wildman–Crippen LogP) is 1.63. The minimum absolute atomic E-state index is 0.264. The van der Waals surface area contributed by atoms with Gasteiger partial charge in [0, 0.05) is 26.6 Å². The third-order valence-electron chi connectivity index (χ3n) is 3.73. The quantitative estimate of drug-likeness (QED) is 0.786. The van der Waals surface area contributed by atoms with Crippen molar-refractivity contribution in [2.45, 2.75) is 45.6 Å². The molecule has 106 valence electrons. The van der Waals surface area contributed by atoms with Crippen molar-refractivity contribution in [3.63, 3.8) is 0 Å². The highest BCUT2D eigenvalue weighted by Crippen LogP contribution is 2.18. The molecule has 18 heavy (non-hydrogen) atoms. The summed E-state index contributed by atoms with van der Waals surface area (Å²) in [5.41, 5.74) is 5.75. The van der Waals surface area contributed by atoms with Gasteiger partial charge in [0.2, 0.25) is 5.91 Å². The van der Waals surface area contributed by atoms with Gasteiger partial charge in [0.1, 0.15) is 0 Å². The smallest absolute Gasteiger partial charge is 0.222 e. The molecule has 0 aromatic carbocycles. The van der Waals surface area contributed by atoms with E-state index in [0.717, 1.165) is 32.4 Å². The Balaban J connectivity index is 2.35. The second-order valence-corrected chi connectivity index (χ2v) is 5.75. The van der Waals surface area contributed by atoms with E-state index in [0.29, 0.717) is 30.9 Å². The highest BCUT2D eigenvalue weighted by atomic mass is 16.5. The average molecular weight is 256 g/mol. The van der Waals surface area contributed by atoms with Crippen LogP contribution in [0.15, 0.2) is 0 Å². The third kappa shape index (κ3) is 4.94. The summed E-state index contributed by atoms with van der Waals surface area (Å²) < 4.78 is 5.32. The number of hydrogen-bond acceptors (Lipinski definition) is 3. The topological polar surface area (TPSA) is 55.6 Å². The molecule has 0 spiro atoms. The lowest BCUT2D eigenvalue weighted by molar-refractivity contribution is -0.134. The van der Waals surface area contributed by atoms with E-state index in [1.807, 2.05) is 4.90 Å².